The summed E-state index contributed by atoms with van der Waals surface area (Å²) in [7, 11) is 0. The predicted molar refractivity (Wildman–Crippen MR) is 115 cm³/mol. The Morgan fingerprint density at radius 2 is 1.94 bits per heavy atom. The zero-order valence-corrected chi connectivity index (χ0v) is 18.2. The Labute approximate surface area is 185 Å². The number of carbonyl (C=O) groups excluding carboxylic acids is 1. The monoisotopic (exact) mass is 438 g/mol. The molecule has 1 N–H and O–H groups in total. The van der Waals surface area contributed by atoms with Crippen LogP contribution >= 0.6 is 0 Å². The molecule has 0 bridgehead atoms. The van der Waals surface area contributed by atoms with Crippen molar-refractivity contribution in [3.63, 3.8) is 0 Å². The van der Waals surface area contributed by atoms with Crippen LogP contribution < -0.4 is 10.1 Å². The fourth-order valence-electron chi connectivity index (χ4n) is 3.90. The molecule has 4 rings (SSSR count). The summed E-state index contributed by atoms with van der Waals surface area (Å²) in [5.41, 5.74) is 1.38. The fourth-order valence-corrected chi connectivity index (χ4v) is 3.90. The zero-order valence-electron chi connectivity index (χ0n) is 18.2. The van der Waals surface area contributed by atoms with Crippen molar-refractivity contribution in [3.05, 3.63) is 77.0 Å². The van der Waals surface area contributed by atoms with Crippen LogP contribution in [0.5, 0.6) is 5.75 Å². The first-order valence-electron chi connectivity index (χ1n) is 10.5. The molecule has 2 atom stereocenters. The second-order valence-electron chi connectivity index (χ2n) is 8.10. The summed E-state index contributed by atoms with van der Waals surface area (Å²) >= 11 is 0. The molecule has 0 saturated heterocycles. The minimum Gasteiger partial charge on any atom is -0.489 e. The van der Waals surface area contributed by atoms with Crippen molar-refractivity contribution in [2.24, 2.45) is 5.92 Å². The molecule has 2 heterocycles. The van der Waals surface area contributed by atoms with Crippen LogP contribution in [0.3, 0.4) is 0 Å². The predicted octanol–water partition coefficient (Wildman–Crippen LogP) is 4.30. The maximum atomic E-state index is 13.5. The van der Waals surface area contributed by atoms with Crippen molar-refractivity contribution < 1.29 is 18.3 Å². The Kier molecular flexibility index (Phi) is 5.86. The van der Waals surface area contributed by atoms with E-state index >= 15 is 0 Å². The van der Waals surface area contributed by atoms with Gasteiger partial charge >= 0.3 is 0 Å². The van der Waals surface area contributed by atoms with Gasteiger partial charge in [0, 0.05) is 5.41 Å². The molecular formula is C24H24F2N4O2. The Hall–Kier alpha value is -3.42. The number of hydrogen-bond acceptors (Lipinski definition) is 5. The van der Waals surface area contributed by atoms with E-state index in [0.717, 1.165) is 17.5 Å². The summed E-state index contributed by atoms with van der Waals surface area (Å²) in [5.74, 6) is 0.0849. The van der Waals surface area contributed by atoms with E-state index in [9.17, 15) is 13.6 Å². The average molecular weight is 438 g/mol. The number of aryl methyl sites for hydroxylation is 3. The molecule has 1 saturated carbocycles. The van der Waals surface area contributed by atoms with Crippen LogP contribution in [-0.2, 0) is 16.6 Å². The average Bonchev–Trinajstić information content (AvgIpc) is 3.52. The van der Waals surface area contributed by atoms with E-state index in [1.54, 1.807) is 25.3 Å². The third kappa shape index (κ3) is 4.30. The normalized spacial score (nSPS) is 19.5. The van der Waals surface area contributed by atoms with Crippen LogP contribution in [0.15, 0.2) is 42.7 Å². The van der Waals surface area contributed by atoms with Crippen LogP contribution in [0.25, 0.3) is 0 Å². The molecule has 0 aliphatic heterocycles. The molecule has 2 aromatic heterocycles. The maximum Gasteiger partial charge on any atom is 0.229 e. The molecule has 3 aromatic rings. The van der Waals surface area contributed by atoms with Gasteiger partial charge in [0.05, 0.1) is 30.6 Å². The molecule has 1 aromatic carbocycles. The maximum absolute atomic E-state index is 13.5. The highest BCUT2D eigenvalue weighted by Crippen LogP contribution is 2.55. The van der Waals surface area contributed by atoms with E-state index in [4.69, 9.17) is 4.74 Å². The molecule has 166 valence electrons. The first kappa shape index (κ1) is 21.8. The number of hydrogen-bond donors (Lipinski definition) is 1. The summed E-state index contributed by atoms with van der Waals surface area (Å²) < 4.78 is 33.1. The van der Waals surface area contributed by atoms with Gasteiger partial charge in [0.2, 0.25) is 5.91 Å². The van der Waals surface area contributed by atoms with Crippen LogP contribution in [0.2, 0.25) is 0 Å². The first-order chi connectivity index (χ1) is 15.3. The number of carbonyl (C=O) groups is 1. The lowest BCUT2D eigenvalue weighted by atomic mass is 9.93. The molecule has 1 amide bonds. The molecule has 0 unspecified atom stereocenters. The smallest absolute Gasteiger partial charge is 0.229 e. The van der Waals surface area contributed by atoms with Crippen molar-refractivity contribution >= 4 is 11.7 Å². The Balaban J connectivity index is 1.57. The zero-order chi connectivity index (χ0) is 22.9. The van der Waals surface area contributed by atoms with E-state index in [1.165, 1.54) is 18.2 Å². The number of aromatic nitrogens is 3. The lowest BCUT2D eigenvalue weighted by molar-refractivity contribution is -0.117. The van der Waals surface area contributed by atoms with Crippen LogP contribution in [0.1, 0.15) is 36.0 Å². The van der Waals surface area contributed by atoms with Gasteiger partial charge in [-0.25, -0.2) is 23.7 Å². The number of benzene rings is 1. The number of nitrogens with zero attached hydrogens (tertiary/aromatic N) is 3. The van der Waals surface area contributed by atoms with Gasteiger partial charge in [0.25, 0.3) is 0 Å². The molecule has 1 aliphatic rings. The lowest BCUT2D eigenvalue weighted by Crippen LogP contribution is -2.27. The number of nitrogens with one attached hydrogen (secondary N) is 1. The summed E-state index contributed by atoms with van der Waals surface area (Å²) in [6.45, 7) is 5.62. The third-order valence-electron chi connectivity index (χ3n) is 5.88. The van der Waals surface area contributed by atoms with Crippen molar-refractivity contribution in [3.8, 4) is 5.75 Å². The highest BCUT2D eigenvalue weighted by atomic mass is 19.1. The largest absolute Gasteiger partial charge is 0.489 e. The van der Waals surface area contributed by atoms with Gasteiger partial charge in [-0.05, 0) is 56.0 Å². The van der Waals surface area contributed by atoms with E-state index in [0.29, 0.717) is 30.0 Å². The van der Waals surface area contributed by atoms with Crippen LogP contribution in [-0.4, -0.2) is 27.5 Å². The number of amides is 1. The molecule has 6 nitrogen and oxygen atoms in total. The number of ether oxygens (including phenoxy) is 1. The Bertz CT molecular complexity index is 1150. The van der Waals surface area contributed by atoms with Crippen LogP contribution in [0.4, 0.5) is 14.6 Å². The van der Waals surface area contributed by atoms with Gasteiger partial charge in [0.15, 0.2) is 5.75 Å². The highest BCUT2D eigenvalue weighted by Gasteiger charge is 2.60. The van der Waals surface area contributed by atoms with Gasteiger partial charge in [0.1, 0.15) is 23.3 Å². The molecule has 8 heteroatoms. The molecule has 1 aliphatic carbocycles. The number of rotatable bonds is 7. The van der Waals surface area contributed by atoms with Crippen LogP contribution in [0, 0.1) is 31.4 Å². The van der Waals surface area contributed by atoms with Crippen molar-refractivity contribution in [2.75, 3.05) is 11.9 Å². The molecule has 1 fully saturated rings. The quantitative estimate of drug-likeness (QED) is 0.595. The lowest BCUT2D eigenvalue weighted by Gasteiger charge is -2.20. The van der Waals surface area contributed by atoms with Gasteiger partial charge in [-0.1, -0.05) is 19.1 Å². The van der Waals surface area contributed by atoms with Crippen molar-refractivity contribution in [2.45, 2.75) is 39.0 Å². The summed E-state index contributed by atoms with van der Waals surface area (Å²) in [4.78, 5) is 25.6. The van der Waals surface area contributed by atoms with Gasteiger partial charge < -0.3 is 10.1 Å². The number of anilines is 1. The standard InChI is InChI=1S/C24H24F2N4O2/c1-4-20-21(12-27-15(3)29-20)32-13-24(16-5-7-17(25)8-6-16)10-18(24)23(31)30-22-9-14(2)19(26)11-28-22/h5-9,11-12,18H,4,10,13H2,1-3H3,(H,28,30,31)/t18-,24+/m0/s1. The van der Waals surface area contributed by atoms with Crippen molar-refractivity contribution in [1.82, 2.24) is 15.0 Å². The molecule has 0 spiro atoms. The topological polar surface area (TPSA) is 77.0 Å². The van der Waals surface area contributed by atoms with Gasteiger partial charge in [-0.15, -0.1) is 0 Å². The Morgan fingerprint density at radius 1 is 1.19 bits per heavy atom. The highest BCUT2D eigenvalue weighted by molar-refractivity contribution is 5.95. The van der Waals surface area contributed by atoms with E-state index in [1.807, 2.05) is 13.8 Å². The fraction of sp³-hybridized carbons (Fsp3) is 0.333. The number of halogens is 2. The van der Waals surface area contributed by atoms with E-state index in [-0.39, 0.29) is 24.1 Å². The minimum absolute atomic E-state index is 0.214. The van der Waals surface area contributed by atoms with E-state index in [2.05, 4.69) is 20.3 Å². The summed E-state index contributed by atoms with van der Waals surface area (Å²) in [5, 5.41) is 2.76. The second kappa shape index (κ2) is 8.61. The Morgan fingerprint density at radius 3 is 2.62 bits per heavy atom. The first-order valence-corrected chi connectivity index (χ1v) is 10.5. The SMILES string of the molecule is CCc1nc(C)ncc1OC[C@@]1(c2ccc(F)cc2)C[C@H]1C(=O)Nc1cc(C)c(F)cn1. The third-order valence-corrected chi connectivity index (χ3v) is 5.88. The van der Waals surface area contributed by atoms with Crippen molar-refractivity contribution in [1.29, 1.82) is 0 Å². The van der Waals surface area contributed by atoms with E-state index < -0.39 is 17.2 Å². The number of pyridine rings is 1. The molecule has 32 heavy (non-hydrogen) atoms. The summed E-state index contributed by atoms with van der Waals surface area (Å²) in [6, 6.07) is 7.60. The van der Waals surface area contributed by atoms with Gasteiger partial charge in [-0.2, -0.15) is 0 Å². The molecular weight excluding hydrogens is 414 g/mol. The minimum atomic E-state index is -0.622. The van der Waals surface area contributed by atoms with Gasteiger partial charge in [-0.3, -0.25) is 4.79 Å². The summed E-state index contributed by atoms with van der Waals surface area (Å²) in [6.07, 6.45) is 3.93. The second-order valence-corrected chi connectivity index (χ2v) is 8.10. The molecule has 0 radical (unpaired) electrons.